The molecule has 5 nitrogen and oxygen atoms in total. The van der Waals surface area contributed by atoms with E-state index in [9.17, 15) is 9.59 Å². The Hall–Kier alpha value is -1.88. The van der Waals surface area contributed by atoms with Gasteiger partial charge >= 0.3 is 0 Å². The molecule has 1 aliphatic heterocycles. The normalized spacial score (nSPS) is 24.1. The van der Waals surface area contributed by atoms with Crippen LogP contribution in [0.2, 0.25) is 0 Å². The van der Waals surface area contributed by atoms with Crippen molar-refractivity contribution >= 4 is 11.8 Å². The van der Waals surface area contributed by atoms with E-state index in [0.29, 0.717) is 32.0 Å². The van der Waals surface area contributed by atoms with Crippen molar-refractivity contribution in [3.05, 3.63) is 35.4 Å². The van der Waals surface area contributed by atoms with Crippen molar-refractivity contribution in [1.29, 1.82) is 0 Å². The summed E-state index contributed by atoms with van der Waals surface area (Å²) >= 11 is 0. The largest absolute Gasteiger partial charge is 0.383 e. The Kier molecular flexibility index (Phi) is 5.19. The molecule has 1 heterocycles. The molecule has 1 aliphatic carbocycles. The molecule has 1 saturated carbocycles. The van der Waals surface area contributed by atoms with Crippen molar-refractivity contribution in [2.24, 2.45) is 5.92 Å². The van der Waals surface area contributed by atoms with E-state index in [1.807, 2.05) is 36.1 Å². The molecule has 1 saturated heterocycles. The molecule has 2 amide bonds. The molecule has 2 aliphatic rings. The lowest BCUT2D eigenvalue weighted by atomic mass is 9.83. The Morgan fingerprint density at radius 3 is 2.58 bits per heavy atom. The van der Waals surface area contributed by atoms with E-state index < -0.39 is 0 Å². The molecule has 2 fully saturated rings. The van der Waals surface area contributed by atoms with Crippen LogP contribution in [0, 0.1) is 12.8 Å². The van der Waals surface area contributed by atoms with Crippen LogP contribution in [0.4, 0.5) is 0 Å². The average Bonchev–Trinajstić information content (AvgIpc) is 3.38. The van der Waals surface area contributed by atoms with Gasteiger partial charge in [-0.25, -0.2) is 0 Å². The highest BCUT2D eigenvalue weighted by Crippen LogP contribution is 2.37. The van der Waals surface area contributed by atoms with Gasteiger partial charge in [0.2, 0.25) is 11.8 Å². The molecule has 24 heavy (non-hydrogen) atoms. The molecule has 1 aromatic carbocycles. The maximum atomic E-state index is 12.7. The second-order valence-electron chi connectivity index (χ2n) is 6.86. The summed E-state index contributed by atoms with van der Waals surface area (Å²) in [7, 11) is 1.63. The van der Waals surface area contributed by atoms with Gasteiger partial charge in [-0.1, -0.05) is 29.8 Å². The van der Waals surface area contributed by atoms with Crippen molar-refractivity contribution in [3.63, 3.8) is 0 Å². The smallest absolute Gasteiger partial charge is 0.225 e. The van der Waals surface area contributed by atoms with E-state index in [1.165, 1.54) is 5.56 Å². The van der Waals surface area contributed by atoms with Gasteiger partial charge in [0.25, 0.3) is 0 Å². The second-order valence-corrected chi connectivity index (χ2v) is 6.86. The van der Waals surface area contributed by atoms with Crippen LogP contribution in [-0.4, -0.2) is 43.0 Å². The molecule has 2 unspecified atom stereocenters. The summed E-state index contributed by atoms with van der Waals surface area (Å²) in [6, 6.07) is 8.28. The predicted octanol–water partition coefficient (Wildman–Crippen LogP) is 2.20. The molecule has 0 radical (unpaired) electrons. The molecule has 2 atom stereocenters. The minimum absolute atomic E-state index is 0.0815. The van der Waals surface area contributed by atoms with Gasteiger partial charge in [-0.2, -0.15) is 0 Å². The average molecular weight is 330 g/mol. The molecule has 3 rings (SSSR count). The first kappa shape index (κ1) is 17.0. The summed E-state index contributed by atoms with van der Waals surface area (Å²) in [6.07, 6.45) is 3.17. The van der Waals surface area contributed by atoms with E-state index in [4.69, 9.17) is 4.74 Å². The first-order chi connectivity index (χ1) is 11.6. The van der Waals surface area contributed by atoms with Crippen LogP contribution in [0.5, 0.6) is 0 Å². The Labute approximate surface area is 143 Å². The minimum Gasteiger partial charge on any atom is -0.383 e. The van der Waals surface area contributed by atoms with Gasteiger partial charge in [0.05, 0.1) is 18.6 Å². The molecule has 0 bridgehead atoms. The Morgan fingerprint density at radius 2 is 1.96 bits per heavy atom. The molecule has 130 valence electrons. The summed E-state index contributed by atoms with van der Waals surface area (Å²) in [5.41, 5.74) is 2.20. The van der Waals surface area contributed by atoms with Crippen LogP contribution < -0.4 is 5.32 Å². The third kappa shape index (κ3) is 3.78. The van der Waals surface area contributed by atoms with Gasteiger partial charge < -0.3 is 15.0 Å². The van der Waals surface area contributed by atoms with Crippen molar-refractivity contribution < 1.29 is 14.3 Å². The SMILES string of the molecule is COCCN1C(=O)CCC(C(=O)NC2CC2)C1c1ccc(C)cc1. The van der Waals surface area contributed by atoms with E-state index in [-0.39, 0.29) is 23.8 Å². The highest BCUT2D eigenvalue weighted by molar-refractivity contribution is 5.85. The van der Waals surface area contributed by atoms with Gasteiger partial charge in [0.15, 0.2) is 0 Å². The lowest BCUT2D eigenvalue weighted by Crippen LogP contribution is -2.49. The molecule has 0 aromatic heterocycles. The van der Waals surface area contributed by atoms with Crippen molar-refractivity contribution in [3.8, 4) is 0 Å². The molecule has 0 spiro atoms. The number of hydrogen-bond donors (Lipinski definition) is 1. The van der Waals surface area contributed by atoms with Gasteiger partial charge in [-0.15, -0.1) is 0 Å². The van der Waals surface area contributed by atoms with Crippen molar-refractivity contribution in [2.75, 3.05) is 20.3 Å². The number of hydrogen-bond acceptors (Lipinski definition) is 3. The Bertz CT molecular complexity index is 595. The number of ether oxygens (including phenoxy) is 1. The van der Waals surface area contributed by atoms with Crippen LogP contribution in [0.3, 0.4) is 0 Å². The van der Waals surface area contributed by atoms with Crippen LogP contribution in [0.25, 0.3) is 0 Å². The third-order valence-electron chi connectivity index (χ3n) is 4.92. The van der Waals surface area contributed by atoms with E-state index in [2.05, 4.69) is 5.32 Å². The van der Waals surface area contributed by atoms with Crippen LogP contribution >= 0.6 is 0 Å². The summed E-state index contributed by atoms with van der Waals surface area (Å²) in [4.78, 5) is 27.1. The predicted molar refractivity (Wildman–Crippen MR) is 91.4 cm³/mol. The number of carbonyl (C=O) groups excluding carboxylic acids is 2. The number of likely N-dealkylation sites (tertiary alicyclic amines) is 1. The second kappa shape index (κ2) is 7.34. The van der Waals surface area contributed by atoms with Crippen LogP contribution in [0.15, 0.2) is 24.3 Å². The molecular formula is C19H26N2O3. The number of methoxy groups -OCH3 is 1. The molecule has 1 aromatic rings. The number of nitrogens with zero attached hydrogens (tertiary/aromatic N) is 1. The maximum absolute atomic E-state index is 12.7. The van der Waals surface area contributed by atoms with Crippen LogP contribution in [-0.2, 0) is 14.3 Å². The third-order valence-corrected chi connectivity index (χ3v) is 4.92. The first-order valence-corrected chi connectivity index (χ1v) is 8.75. The number of carbonyl (C=O) groups is 2. The fourth-order valence-corrected chi connectivity index (χ4v) is 3.39. The van der Waals surface area contributed by atoms with Crippen molar-refractivity contribution in [1.82, 2.24) is 10.2 Å². The number of aryl methyl sites for hydroxylation is 1. The van der Waals surface area contributed by atoms with Gasteiger partial charge in [-0.3, -0.25) is 9.59 Å². The molecule has 5 heteroatoms. The highest BCUT2D eigenvalue weighted by atomic mass is 16.5. The molecular weight excluding hydrogens is 304 g/mol. The van der Waals surface area contributed by atoms with Crippen LogP contribution in [0.1, 0.15) is 42.9 Å². The monoisotopic (exact) mass is 330 g/mol. The summed E-state index contributed by atoms with van der Waals surface area (Å²) in [5, 5.41) is 3.12. The van der Waals surface area contributed by atoms with Gasteiger partial charge in [0, 0.05) is 26.1 Å². The fourth-order valence-electron chi connectivity index (χ4n) is 3.39. The number of piperidine rings is 1. The maximum Gasteiger partial charge on any atom is 0.225 e. The lowest BCUT2D eigenvalue weighted by Gasteiger charge is -2.41. The summed E-state index contributed by atoms with van der Waals surface area (Å²) < 4.78 is 5.17. The Balaban J connectivity index is 1.88. The summed E-state index contributed by atoms with van der Waals surface area (Å²) in [5.74, 6) is -0.00560. The topological polar surface area (TPSA) is 58.6 Å². The summed E-state index contributed by atoms with van der Waals surface area (Å²) in [6.45, 7) is 3.03. The standard InChI is InChI=1S/C19H26N2O3/c1-13-3-5-14(6-4-13)18-16(19(23)20-15-7-8-15)9-10-17(22)21(18)11-12-24-2/h3-6,15-16,18H,7-12H2,1-2H3,(H,20,23). The first-order valence-electron chi connectivity index (χ1n) is 8.75. The lowest BCUT2D eigenvalue weighted by molar-refractivity contribution is -0.144. The van der Waals surface area contributed by atoms with Gasteiger partial charge in [-0.05, 0) is 31.7 Å². The number of benzene rings is 1. The molecule has 1 N–H and O–H groups in total. The minimum atomic E-state index is -0.208. The fraction of sp³-hybridized carbons (Fsp3) is 0.579. The number of amides is 2. The van der Waals surface area contributed by atoms with Gasteiger partial charge in [0.1, 0.15) is 0 Å². The van der Waals surface area contributed by atoms with E-state index >= 15 is 0 Å². The Morgan fingerprint density at radius 1 is 1.25 bits per heavy atom. The zero-order chi connectivity index (χ0) is 17.1. The zero-order valence-electron chi connectivity index (χ0n) is 14.5. The highest BCUT2D eigenvalue weighted by Gasteiger charge is 2.41. The number of nitrogens with one attached hydrogen (secondary N) is 1. The van der Waals surface area contributed by atoms with E-state index in [0.717, 1.165) is 18.4 Å². The van der Waals surface area contributed by atoms with E-state index in [1.54, 1.807) is 7.11 Å². The van der Waals surface area contributed by atoms with Crippen molar-refractivity contribution in [2.45, 2.75) is 44.7 Å². The zero-order valence-corrected chi connectivity index (χ0v) is 14.5. The number of rotatable bonds is 6. The quantitative estimate of drug-likeness (QED) is 0.870.